The molecule has 0 aliphatic heterocycles. The van der Waals surface area contributed by atoms with E-state index >= 15 is 0 Å². The van der Waals surface area contributed by atoms with Crippen LogP contribution >= 0.6 is 55.1 Å². The van der Waals surface area contributed by atoms with Gasteiger partial charge in [0.25, 0.3) is 0 Å². The molecule has 10 heavy (non-hydrogen) atoms. The van der Waals surface area contributed by atoms with E-state index in [-0.39, 0.29) is 0 Å². The minimum atomic E-state index is -3.85. The van der Waals surface area contributed by atoms with Crippen LogP contribution in [0.1, 0.15) is 0 Å². The summed E-state index contributed by atoms with van der Waals surface area (Å²) in [5, 5.41) is -5.98. The van der Waals surface area contributed by atoms with Gasteiger partial charge in [-0.3, -0.25) is 0 Å². The van der Waals surface area contributed by atoms with Crippen molar-refractivity contribution in [1.82, 2.24) is 0 Å². The van der Waals surface area contributed by atoms with Crippen molar-refractivity contribution in [2.75, 3.05) is 0 Å². The minimum Gasteiger partial charge on any atom is -0.232 e. The Kier molecular flexibility index (Phi) is 3.82. The second-order valence-corrected chi connectivity index (χ2v) is 5.00. The number of hydrogen-bond donors (Lipinski definition) is 0. The molecule has 0 bridgehead atoms. The highest BCUT2D eigenvalue weighted by atomic mass is 79.9. The maximum Gasteiger partial charge on any atom is 0.354 e. The van der Waals surface area contributed by atoms with E-state index in [1.807, 2.05) is 0 Å². The second-order valence-electron chi connectivity index (χ2n) is 1.42. The van der Waals surface area contributed by atoms with E-state index in [2.05, 4.69) is 43.5 Å². The molecule has 0 aliphatic rings. The lowest BCUT2D eigenvalue weighted by molar-refractivity contribution is 0.0680. The first kappa shape index (κ1) is 11.3. The first-order valence-electron chi connectivity index (χ1n) is 1.92. The van der Waals surface area contributed by atoms with E-state index < -0.39 is 14.2 Å². The highest BCUT2D eigenvalue weighted by molar-refractivity contribution is 9.13. The molecular formula is C3HBr2Cl2F3. The quantitative estimate of drug-likeness (QED) is 0.677. The molecule has 0 saturated heterocycles. The van der Waals surface area contributed by atoms with E-state index in [0.717, 1.165) is 0 Å². The summed E-state index contributed by atoms with van der Waals surface area (Å²) in [4.78, 5) is 0. The maximum atomic E-state index is 12.1. The van der Waals surface area contributed by atoms with Gasteiger partial charge < -0.3 is 0 Å². The van der Waals surface area contributed by atoms with Gasteiger partial charge in [0.15, 0.2) is 5.08 Å². The van der Waals surface area contributed by atoms with Crippen LogP contribution < -0.4 is 0 Å². The largest absolute Gasteiger partial charge is 0.354 e. The van der Waals surface area contributed by atoms with Crippen molar-refractivity contribution in [3.63, 3.8) is 0 Å². The SMILES string of the molecule is FC(Br)C(Cl)(Br)C(F)(F)Cl. The zero-order valence-corrected chi connectivity index (χ0v) is 8.91. The van der Waals surface area contributed by atoms with E-state index in [4.69, 9.17) is 11.6 Å². The van der Waals surface area contributed by atoms with Crippen LogP contribution in [0.3, 0.4) is 0 Å². The predicted octanol–water partition coefficient (Wildman–Crippen LogP) is 3.84. The third kappa shape index (κ3) is 2.43. The Morgan fingerprint density at radius 3 is 1.60 bits per heavy atom. The number of alkyl halides is 7. The van der Waals surface area contributed by atoms with Gasteiger partial charge in [0.1, 0.15) is 0 Å². The average Bonchev–Trinajstić information content (AvgIpc) is 1.62. The van der Waals surface area contributed by atoms with Gasteiger partial charge in [-0.05, 0) is 27.5 Å². The van der Waals surface area contributed by atoms with Crippen molar-refractivity contribution in [1.29, 1.82) is 0 Å². The van der Waals surface area contributed by atoms with Gasteiger partial charge in [-0.15, -0.1) is 0 Å². The number of halogens is 7. The molecule has 0 heterocycles. The van der Waals surface area contributed by atoms with Gasteiger partial charge in [0.05, 0.1) is 0 Å². The van der Waals surface area contributed by atoms with Gasteiger partial charge in [0, 0.05) is 0 Å². The molecule has 0 radical (unpaired) electrons. The van der Waals surface area contributed by atoms with Crippen LogP contribution in [0.4, 0.5) is 13.2 Å². The van der Waals surface area contributed by atoms with Crippen molar-refractivity contribution in [2.45, 2.75) is 14.2 Å². The summed E-state index contributed by atoms with van der Waals surface area (Å²) in [6.07, 6.45) is 0. The van der Waals surface area contributed by atoms with Gasteiger partial charge in [0.2, 0.25) is 3.78 Å². The summed E-state index contributed by atoms with van der Waals surface area (Å²) in [7, 11) is 0. The van der Waals surface area contributed by atoms with E-state index in [0.29, 0.717) is 0 Å². The molecule has 0 N–H and O–H groups in total. The zero-order chi connectivity index (χ0) is 8.58. The molecule has 0 amide bonds. The highest BCUT2D eigenvalue weighted by Crippen LogP contribution is 2.48. The molecule has 0 spiro atoms. The Balaban J connectivity index is 4.40. The van der Waals surface area contributed by atoms with Gasteiger partial charge in [-0.25, -0.2) is 4.39 Å². The Morgan fingerprint density at radius 2 is 1.60 bits per heavy atom. The van der Waals surface area contributed by atoms with E-state index in [1.54, 1.807) is 0 Å². The summed E-state index contributed by atoms with van der Waals surface area (Å²) in [5.41, 5.74) is 0. The van der Waals surface area contributed by atoms with Crippen molar-refractivity contribution < 1.29 is 13.2 Å². The first-order chi connectivity index (χ1) is 4.19. The van der Waals surface area contributed by atoms with E-state index in [9.17, 15) is 13.2 Å². The van der Waals surface area contributed by atoms with Crippen molar-refractivity contribution in [3.8, 4) is 0 Å². The first-order valence-corrected chi connectivity index (χ1v) is 4.38. The Morgan fingerprint density at radius 1 is 1.30 bits per heavy atom. The third-order valence-electron chi connectivity index (χ3n) is 0.652. The number of rotatable bonds is 2. The summed E-state index contributed by atoms with van der Waals surface area (Å²) in [6.45, 7) is 0. The molecule has 0 rings (SSSR count). The van der Waals surface area contributed by atoms with Crippen molar-refractivity contribution in [2.24, 2.45) is 0 Å². The Hall–Kier alpha value is 1.33. The van der Waals surface area contributed by atoms with Crippen molar-refractivity contribution in [3.05, 3.63) is 0 Å². The molecule has 0 nitrogen and oxygen atoms in total. The fourth-order valence-electron chi connectivity index (χ4n) is 0.124. The summed E-state index contributed by atoms with van der Waals surface area (Å²) in [6, 6.07) is 0. The topological polar surface area (TPSA) is 0 Å². The summed E-state index contributed by atoms with van der Waals surface area (Å²) >= 11 is 13.8. The second kappa shape index (κ2) is 3.37. The average molecular weight is 325 g/mol. The van der Waals surface area contributed by atoms with Gasteiger partial charge in [-0.2, -0.15) is 8.78 Å². The van der Waals surface area contributed by atoms with Crippen LogP contribution in [0, 0.1) is 0 Å². The third-order valence-corrected chi connectivity index (χ3v) is 4.17. The molecule has 2 atom stereocenters. The molecule has 0 aromatic carbocycles. The molecule has 7 heteroatoms. The van der Waals surface area contributed by atoms with Crippen LogP contribution in [0.15, 0.2) is 0 Å². The number of hydrogen-bond acceptors (Lipinski definition) is 0. The highest BCUT2D eigenvalue weighted by Gasteiger charge is 2.55. The fraction of sp³-hybridized carbons (Fsp3) is 1.00. The molecule has 0 aromatic rings. The van der Waals surface area contributed by atoms with E-state index in [1.165, 1.54) is 0 Å². The molecule has 0 aromatic heterocycles. The lowest BCUT2D eigenvalue weighted by Crippen LogP contribution is -2.38. The molecule has 62 valence electrons. The molecule has 0 saturated carbocycles. The lowest BCUT2D eigenvalue weighted by atomic mass is 10.5. The zero-order valence-electron chi connectivity index (χ0n) is 4.22. The van der Waals surface area contributed by atoms with Crippen LogP contribution in [-0.4, -0.2) is 14.2 Å². The monoisotopic (exact) mass is 322 g/mol. The fourth-order valence-corrected chi connectivity index (χ4v) is 0.639. The normalized spacial score (nSPS) is 21.9. The Labute approximate surface area is 82.3 Å². The molecule has 0 fully saturated rings. The lowest BCUT2D eigenvalue weighted by Gasteiger charge is -2.24. The predicted molar refractivity (Wildman–Crippen MR) is 42.1 cm³/mol. The minimum absolute atomic E-state index is 2.13. The van der Waals surface area contributed by atoms with Crippen molar-refractivity contribution >= 4 is 55.1 Å². The van der Waals surface area contributed by atoms with Crippen LogP contribution in [0.5, 0.6) is 0 Å². The maximum absolute atomic E-state index is 12.1. The molecule has 2 unspecified atom stereocenters. The summed E-state index contributed by atoms with van der Waals surface area (Å²) in [5.74, 6) is 0. The Bertz CT molecular complexity index is 121. The van der Waals surface area contributed by atoms with Gasteiger partial charge >= 0.3 is 5.38 Å². The smallest absolute Gasteiger partial charge is 0.232 e. The summed E-state index contributed by atoms with van der Waals surface area (Å²) < 4.78 is 33.7. The van der Waals surface area contributed by atoms with Crippen LogP contribution in [0.2, 0.25) is 0 Å². The molecule has 0 aliphatic carbocycles. The molecular weight excluding hydrogens is 324 g/mol. The van der Waals surface area contributed by atoms with Gasteiger partial charge in [-0.1, -0.05) is 27.5 Å². The standard InChI is InChI=1S/C3HBr2Cl2F3/c4-1(8)2(5,6)3(7,9)10/h1H. The van der Waals surface area contributed by atoms with Crippen LogP contribution in [0.25, 0.3) is 0 Å². The van der Waals surface area contributed by atoms with Crippen LogP contribution in [-0.2, 0) is 0 Å².